The summed E-state index contributed by atoms with van der Waals surface area (Å²) in [5, 5.41) is 2.87. The van der Waals surface area contributed by atoms with Crippen LogP contribution < -0.4 is 10.1 Å². The molecule has 0 saturated carbocycles. The summed E-state index contributed by atoms with van der Waals surface area (Å²) in [5.74, 6) is 1.08. The van der Waals surface area contributed by atoms with E-state index in [4.69, 9.17) is 4.74 Å². The van der Waals surface area contributed by atoms with Crippen molar-refractivity contribution >= 4 is 11.6 Å². The summed E-state index contributed by atoms with van der Waals surface area (Å²) in [6.45, 7) is 10.9. The van der Waals surface area contributed by atoms with Crippen LogP contribution in [0.3, 0.4) is 0 Å². The van der Waals surface area contributed by atoms with Crippen molar-refractivity contribution in [2.75, 3.05) is 11.9 Å². The van der Waals surface area contributed by atoms with Gasteiger partial charge < -0.3 is 10.1 Å². The molecule has 3 heteroatoms. The minimum absolute atomic E-state index is 0.00196. The number of amides is 1. The predicted octanol–water partition coefficient (Wildman–Crippen LogP) is 5.52. The molecule has 3 nitrogen and oxygen atoms in total. The van der Waals surface area contributed by atoms with E-state index >= 15 is 0 Å². The van der Waals surface area contributed by atoms with Crippen molar-refractivity contribution in [1.29, 1.82) is 0 Å². The van der Waals surface area contributed by atoms with Crippen molar-refractivity contribution in [3.63, 3.8) is 0 Å². The second-order valence-corrected chi connectivity index (χ2v) is 7.54. The van der Waals surface area contributed by atoms with Crippen LogP contribution >= 0.6 is 0 Å². The molecule has 2 rings (SSSR count). The predicted molar refractivity (Wildman–Crippen MR) is 104 cm³/mol. The van der Waals surface area contributed by atoms with Gasteiger partial charge in [-0.05, 0) is 53.1 Å². The van der Waals surface area contributed by atoms with Crippen LogP contribution in [0.2, 0.25) is 0 Å². The largest absolute Gasteiger partial charge is 0.484 e. The zero-order valence-corrected chi connectivity index (χ0v) is 15.9. The van der Waals surface area contributed by atoms with Crippen molar-refractivity contribution in [3.8, 4) is 5.75 Å². The van der Waals surface area contributed by atoms with E-state index in [1.54, 1.807) is 0 Å². The quantitative estimate of drug-likeness (QED) is 0.753. The summed E-state index contributed by atoms with van der Waals surface area (Å²) in [5.41, 5.74) is 3.43. The fourth-order valence-electron chi connectivity index (χ4n) is 2.53. The van der Waals surface area contributed by atoms with Crippen LogP contribution in [0.15, 0.2) is 48.5 Å². The van der Waals surface area contributed by atoms with E-state index in [-0.39, 0.29) is 17.9 Å². The normalized spacial score (nSPS) is 12.5. The molecule has 2 aromatic carbocycles. The third-order valence-corrected chi connectivity index (χ3v) is 4.47. The van der Waals surface area contributed by atoms with Gasteiger partial charge in [-0.25, -0.2) is 0 Å². The van der Waals surface area contributed by atoms with Gasteiger partial charge >= 0.3 is 0 Å². The van der Waals surface area contributed by atoms with Gasteiger partial charge in [0.05, 0.1) is 0 Å². The highest BCUT2D eigenvalue weighted by molar-refractivity contribution is 5.91. The molecule has 134 valence electrons. The van der Waals surface area contributed by atoms with Crippen molar-refractivity contribution in [3.05, 3.63) is 59.7 Å². The van der Waals surface area contributed by atoms with Gasteiger partial charge in [-0.15, -0.1) is 0 Å². The first-order valence-electron chi connectivity index (χ1n) is 8.92. The Morgan fingerprint density at radius 1 is 1.04 bits per heavy atom. The first-order valence-corrected chi connectivity index (χ1v) is 8.92. The molecule has 0 aliphatic carbocycles. The number of nitrogens with one attached hydrogen (secondary N) is 1. The second-order valence-electron chi connectivity index (χ2n) is 7.54. The van der Waals surface area contributed by atoms with Crippen LogP contribution in [0.5, 0.6) is 5.75 Å². The molecule has 0 spiro atoms. The lowest BCUT2D eigenvalue weighted by Crippen LogP contribution is -2.20. The smallest absolute Gasteiger partial charge is 0.262 e. The maximum atomic E-state index is 12.1. The summed E-state index contributed by atoms with van der Waals surface area (Å²) in [6, 6.07) is 15.9. The van der Waals surface area contributed by atoms with Gasteiger partial charge in [0.1, 0.15) is 5.75 Å². The minimum atomic E-state index is -0.156. The Morgan fingerprint density at radius 2 is 1.64 bits per heavy atom. The molecule has 2 aromatic rings. The molecular weight excluding hydrogens is 310 g/mol. The Bertz CT molecular complexity index is 681. The Labute approximate surface area is 151 Å². The van der Waals surface area contributed by atoms with Gasteiger partial charge in [0.25, 0.3) is 5.91 Å². The highest BCUT2D eigenvalue weighted by Crippen LogP contribution is 2.24. The number of anilines is 1. The maximum absolute atomic E-state index is 12.1. The number of ether oxygens (including phenoxy) is 1. The number of rotatable bonds is 6. The summed E-state index contributed by atoms with van der Waals surface area (Å²) in [4.78, 5) is 12.1. The molecule has 25 heavy (non-hydrogen) atoms. The van der Waals surface area contributed by atoms with E-state index in [0.717, 1.165) is 12.1 Å². The first-order chi connectivity index (χ1) is 11.8. The van der Waals surface area contributed by atoms with Gasteiger partial charge in [0.2, 0.25) is 0 Å². The number of hydrogen-bond donors (Lipinski definition) is 1. The van der Waals surface area contributed by atoms with E-state index < -0.39 is 0 Å². The van der Waals surface area contributed by atoms with Gasteiger partial charge in [0.15, 0.2) is 6.61 Å². The molecule has 0 fully saturated rings. The van der Waals surface area contributed by atoms with Gasteiger partial charge in [0, 0.05) is 5.69 Å². The van der Waals surface area contributed by atoms with Crippen LogP contribution in [-0.4, -0.2) is 12.5 Å². The molecule has 0 aliphatic rings. The molecule has 0 heterocycles. The monoisotopic (exact) mass is 339 g/mol. The Balaban J connectivity index is 1.86. The van der Waals surface area contributed by atoms with E-state index in [1.807, 2.05) is 36.4 Å². The highest BCUT2D eigenvalue weighted by Gasteiger charge is 2.13. The van der Waals surface area contributed by atoms with Crippen LogP contribution in [0.1, 0.15) is 58.1 Å². The lowest BCUT2D eigenvalue weighted by atomic mass is 9.87. The highest BCUT2D eigenvalue weighted by atomic mass is 16.5. The summed E-state index contributed by atoms with van der Waals surface area (Å²) in [6.07, 6.45) is 1.10. The Morgan fingerprint density at radius 3 is 2.16 bits per heavy atom. The Kier molecular flexibility index (Phi) is 6.24. The van der Waals surface area contributed by atoms with E-state index in [9.17, 15) is 4.79 Å². The van der Waals surface area contributed by atoms with Gasteiger partial charge in [-0.1, -0.05) is 58.9 Å². The average Bonchev–Trinajstić information content (AvgIpc) is 2.59. The average molecular weight is 339 g/mol. The topological polar surface area (TPSA) is 38.3 Å². The minimum Gasteiger partial charge on any atom is -0.484 e. The molecule has 0 aliphatic heterocycles. The van der Waals surface area contributed by atoms with Crippen molar-refractivity contribution in [2.45, 2.75) is 52.4 Å². The van der Waals surface area contributed by atoms with Crippen molar-refractivity contribution in [2.24, 2.45) is 0 Å². The van der Waals surface area contributed by atoms with Gasteiger partial charge in [-0.2, -0.15) is 0 Å². The van der Waals surface area contributed by atoms with Crippen molar-refractivity contribution < 1.29 is 9.53 Å². The molecule has 1 N–H and O–H groups in total. The fourth-order valence-corrected chi connectivity index (χ4v) is 2.53. The second kappa shape index (κ2) is 8.19. The first kappa shape index (κ1) is 19.0. The van der Waals surface area contributed by atoms with Crippen LogP contribution in [0.4, 0.5) is 5.69 Å². The summed E-state index contributed by atoms with van der Waals surface area (Å²) >= 11 is 0. The number of hydrogen-bond acceptors (Lipinski definition) is 2. The van der Waals surface area contributed by atoms with Crippen molar-refractivity contribution in [1.82, 2.24) is 0 Å². The molecule has 0 radical (unpaired) electrons. The third-order valence-electron chi connectivity index (χ3n) is 4.47. The number of carbonyl (C=O) groups excluding carboxylic acids is 1. The van der Waals surface area contributed by atoms with Crippen LogP contribution in [-0.2, 0) is 10.2 Å². The van der Waals surface area contributed by atoms with E-state index in [0.29, 0.717) is 11.7 Å². The lowest BCUT2D eigenvalue weighted by Gasteiger charge is -2.19. The molecule has 0 saturated heterocycles. The standard InChI is InChI=1S/C22H29NO2/c1-6-16(2)17-7-11-19(12-8-17)23-21(24)15-25-20-13-9-18(10-14-20)22(3,4)5/h7-14,16H,6,15H2,1-5H3,(H,23,24)/t16-/m1/s1. The fraction of sp³-hybridized carbons (Fsp3) is 0.409. The molecule has 1 amide bonds. The maximum Gasteiger partial charge on any atom is 0.262 e. The number of benzene rings is 2. The lowest BCUT2D eigenvalue weighted by molar-refractivity contribution is -0.118. The zero-order chi connectivity index (χ0) is 18.4. The Hall–Kier alpha value is -2.29. The molecule has 0 bridgehead atoms. The van der Waals surface area contributed by atoms with Crippen LogP contribution in [0, 0.1) is 0 Å². The van der Waals surface area contributed by atoms with Gasteiger partial charge in [-0.3, -0.25) is 4.79 Å². The summed E-state index contributed by atoms with van der Waals surface area (Å²) in [7, 11) is 0. The molecule has 1 atom stereocenters. The molecule has 0 aromatic heterocycles. The molecule has 0 unspecified atom stereocenters. The third kappa shape index (κ3) is 5.63. The summed E-state index contributed by atoms with van der Waals surface area (Å²) < 4.78 is 5.57. The number of carbonyl (C=O) groups is 1. The SMILES string of the molecule is CC[C@@H](C)c1ccc(NC(=O)COc2ccc(C(C)(C)C)cc2)cc1. The van der Waals surface area contributed by atoms with E-state index in [1.165, 1.54) is 11.1 Å². The van der Waals surface area contributed by atoms with E-state index in [2.05, 4.69) is 52.1 Å². The molecular formula is C22H29NO2. The zero-order valence-electron chi connectivity index (χ0n) is 15.9. The van der Waals surface area contributed by atoms with Crippen LogP contribution in [0.25, 0.3) is 0 Å².